The van der Waals surface area contributed by atoms with Crippen molar-refractivity contribution in [2.24, 2.45) is 11.3 Å². The highest BCUT2D eigenvalue weighted by molar-refractivity contribution is 5.33. The molecular weight excluding hydrogens is 230 g/mol. The third kappa shape index (κ3) is 4.26. The van der Waals surface area contributed by atoms with Crippen LogP contribution in [0.1, 0.15) is 60.8 Å². The Hall–Kier alpha value is -0.980. The lowest BCUT2D eigenvalue weighted by atomic mass is 9.72. The highest BCUT2D eigenvalue weighted by Crippen LogP contribution is 2.40. The van der Waals surface area contributed by atoms with E-state index in [9.17, 15) is 0 Å². The van der Waals surface area contributed by atoms with Crippen LogP contribution < -0.4 is 5.32 Å². The molecule has 1 heterocycles. The van der Waals surface area contributed by atoms with Crippen molar-refractivity contribution in [3.8, 4) is 0 Å². The fraction of sp³-hybridized carbons (Fsp3) is 0.667. The Labute approximate surface area is 119 Å². The Morgan fingerprint density at radius 1 is 1.42 bits per heavy atom. The molecule has 1 N–H and O–H groups in total. The summed E-state index contributed by atoms with van der Waals surface area (Å²) in [5.41, 5.74) is 4.51. The maximum Gasteiger partial charge on any atom is 0.0146 e. The first-order valence-electron chi connectivity index (χ1n) is 7.68. The van der Waals surface area contributed by atoms with E-state index in [0.717, 1.165) is 6.54 Å². The SMILES string of the molecule is CCC/C(C)=C/C=C\C1=C(C)NCC[C@@H](C)C1(C)C. The molecule has 0 aromatic heterocycles. The van der Waals surface area contributed by atoms with E-state index in [0.29, 0.717) is 5.92 Å². The molecule has 1 rings (SSSR count). The van der Waals surface area contributed by atoms with Crippen molar-refractivity contribution in [3.63, 3.8) is 0 Å². The van der Waals surface area contributed by atoms with Crippen molar-refractivity contribution in [2.75, 3.05) is 6.54 Å². The Bertz CT molecular complexity index is 382. The molecule has 0 spiro atoms. The van der Waals surface area contributed by atoms with Gasteiger partial charge in [0.15, 0.2) is 0 Å². The number of allylic oxidation sites excluding steroid dienone is 6. The molecule has 0 fully saturated rings. The van der Waals surface area contributed by atoms with Crippen molar-refractivity contribution in [2.45, 2.75) is 60.8 Å². The zero-order valence-corrected chi connectivity index (χ0v) is 13.6. The summed E-state index contributed by atoms with van der Waals surface area (Å²) in [6.45, 7) is 14.9. The lowest BCUT2D eigenvalue weighted by Gasteiger charge is -2.32. The highest BCUT2D eigenvalue weighted by Gasteiger charge is 2.31. The molecule has 0 aromatic rings. The summed E-state index contributed by atoms with van der Waals surface area (Å²) in [6.07, 6.45) is 10.5. The number of hydrogen-bond donors (Lipinski definition) is 1. The topological polar surface area (TPSA) is 12.0 Å². The normalized spacial score (nSPS) is 24.5. The van der Waals surface area contributed by atoms with Gasteiger partial charge in [0.25, 0.3) is 0 Å². The van der Waals surface area contributed by atoms with Gasteiger partial charge in [-0.25, -0.2) is 0 Å². The lowest BCUT2D eigenvalue weighted by Crippen LogP contribution is -2.23. The van der Waals surface area contributed by atoms with Crippen molar-refractivity contribution in [3.05, 3.63) is 35.1 Å². The predicted molar refractivity (Wildman–Crippen MR) is 86.1 cm³/mol. The number of hydrogen-bond acceptors (Lipinski definition) is 1. The summed E-state index contributed by atoms with van der Waals surface area (Å²) in [5, 5.41) is 3.55. The van der Waals surface area contributed by atoms with Crippen molar-refractivity contribution >= 4 is 0 Å². The minimum absolute atomic E-state index is 0.247. The third-order valence-corrected chi connectivity index (χ3v) is 4.59. The molecule has 0 aromatic carbocycles. The quantitative estimate of drug-likeness (QED) is 0.684. The van der Waals surface area contributed by atoms with Gasteiger partial charge in [0.05, 0.1) is 0 Å². The first kappa shape index (κ1) is 16.1. The smallest absolute Gasteiger partial charge is 0.0146 e. The van der Waals surface area contributed by atoms with Gasteiger partial charge in [0.1, 0.15) is 0 Å². The second-order valence-corrected chi connectivity index (χ2v) is 6.50. The molecule has 108 valence electrons. The number of rotatable bonds is 4. The van der Waals surface area contributed by atoms with Gasteiger partial charge in [-0.3, -0.25) is 0 Å². The van der Waals surface area contributed by atoms with Gasteiger partial charge in [-0.05, 0) is 43.6 Å². The average molecular weight is 261 g/mol. The minimum Gasteiger partial charge on any atom is -0.388 e. The van der Waals surface area contributed by atoms with Crippen LogP contribution in [0.2, 0.25) is 0 Å². The molecule has 0 bridgehead atoms. The van der Waals surface area contributed by atoms with E-state index < -0.39 is 0 Å². The summed E-state index contributed by atoms with van der Waals surface area (Å²) < 4.78 is 0. The molecule has 1 aliphatic rings. The van der Waals surface area contributed by atoms with Crippen LogP contribution in [0.3, 0.4) is 0 Å². The van der Waals surface area contributed by atoms with E-state index in [4.69, 9.17) is 0 Å². The maximum atomic E-state index is 3.55. The Kier molecular flexibility index (Phi) is 5.90. The van der Waals surface area contributed by atoms with E-state index in [1.54, 1.807) is 0 Å². The standard InChI is InChI=1S/C18H31N/c1-7-9-14(2)10-8-11-17-16(4)19-13-12-15(3)18(17,5)6/h8,10-11,15,19H,7,9,12-13H2,1-6H3/b11-8-,14-10+/t15-/m1/s1. The molecule has 1 aliphatic heterocycles. The van der Waals surface area contributed by atoms with Gasteiger partial charge in [-0.2, -0.15) is 0 Å². The van der Waals surface area contributed by atoms with Gasteiger partial charge in [-0.15, -0.1) is 0 Å². The molecule has 19 heavy (non-hydrogen) atoms. The predicted octanol–water partition coefficient (Wildman–Crippen LogP) is 5.22. The second kappa shape index (κ2) is 6.98. The molecule has 0 aliphatic carbocycles. The molecule has 0 amide bonds. The van der Waals surface area contributed by atoms with Gasteiger partial charge >= 0.3 is 0 Å². The van der Waals surface area contributed by atoms with Crippen LogP contribution in [0, 0.1) is 11.3 Å². The van der Waals surface area contributed by atoms with E-state index in [-0.39, 0.29) is 5.41 Å². The van der Waals surface area contributed by atoms with Crippen molar-refractivity contribution in [1.29, 1.82) is 0 Å². The Morgan fingerprint density at radius 2 is 2.11 bits per heavy atom. The fourth-order valence-electron chi connectivity index (χ4n) is 2.81. The zero-order chi connectivity index (χ0) is 14.5. The summed E-state index contributed by atoms with van der Waals surface area (Å²) >= 11 is 0. The molecular formula is C18H31N. The van der Waals surface area contributed by atoms with Gasteiger partial charge in [-0.1, -0.05) is 57.9 Å². The molecule has 0 saturated heterocycles. The van der Waals surface area contributed by atoms with Crippen LogP contribution in [0.4, 0.5) is 0 Å². The summed E-state index contributed by atoms with van der Waals surface area (Å²) in [6, 6.07) is 0. The van der Waals surface area contributed by atoms with Gasteiger partial charge in [0, 0.05) is 12.2 Å². The zero-order valence-electron chi connectivity index (χ0n) is 13.6. The molecule has 0 radical (unpaired) electrons. The molecule has 1 nitrogen and oxygen atoms in total. The van der Waals surface area contributed by atoms with Crippen LogP contribution in [0.15, 0.2) is 35.1 Å². The highest BCUT2D eigenvalue weighted by atomic mass is 14.9. The van der Waals surface area contributed by atoms with E-state index in [1.807, 2.05) is 0 Å². The largest absolute Gasteiger partial charge is 0.388 e. The maximum absolute atomic E-state index is 3.55. The fourth-order valence-corrected chi connectivity index (χ4v) is 2.81. The van der Waals surface area contributed by atoms with Gasteiger partial charge < -0.3 is 5.32 Å². The van der Waals surface area contributed by atoms with Crippen LogP contribution in [-0.2, 0) is 0 Å². The van der Waals surface area contributed by atoms with Crippen LogP contribution in [-0.4, -0.2) is 6.54 Å². The summed E-state index contributed by atoms with van der Waals surface area (Å²) in [4.78, 5) is 0. The van der Waals surface area contributed by atoms with E-state index in [2.05, 4.69) is 65.1 Å². The van der Waals surface area contributed by atoms with Crippen LogP contribution >= 0.6 is 0 Å². The van der Waals surface area contributed by atoms with Gasteiger partial charge in [0.2, 0.25) is 0 Å². The second-order valence-electron chi connectivity index (χ2n) is 6.50. The lowest BCUT2D eigenvalue weighted by molar-refractivity contribution is 0.285. The summed E-state index contributed by atoms with van der Waals surface area (Å²) in [5.74, 6) is 0.706. The molecule has 1 atom stereocenters. The Morgan fingerprint density at radius 3 is 2.74 bits per heavy atom. The summed E-state index contributed by atoms with van der Waals surface area (Å²) in [7, 11) is 0. The van der Waals surface area contributed by atoms with E-state index in [1.165, 1.54) is 36.1 Å². The molecule has 1 heteroatoms. The monoisotopic (exact) mass is 261 g/mol. The first-order chi connectivity index (χ1) is 8.89. The number of nitrogens with one attached hydrogen (secondary N) is 1. The van der Waals surface area contributed by atoms with Crippen molar-refractivity contribution < 1.29 is 0 Å². The van der Waals surface area contributed by atoms with Crippen LogP contribution in [0.5, 0.6) is 0 Å². The first-order valence-corrected chi connectivity index (χ1v) is 7.68. The minimum atomic E-state index is 0.247. The van der Waals surface area contributed by atoms with Crippen LogP contribution in [0.25, 0.3) is 0 Å². The molecule has 0 unspecified atom stereocenters. The average Bonchev–Trinajstić information content (AvgIpc) is 2.41. The van der Waals surface area contributed by atoms with Crippen molar-refractivity contribution in [1.82, 2.24) is 5.32 Å². The molecule has 0 saturated carbocycles. The third-order valence-electron chi connectivity index (χ3n) is 4.59. The Balaban J connectivity index is 2.94. The van der Waals surface area contributed by atoms with E-state index >= 15 is 0 Å².